The van der Waals surface area contributed by atoms with Crippen molar-refractivity contribution < 1.29 is 0 Å². The summed E-state index contributed by atoms with van der Waals surface area (Å²) in [6.45, 7) is 7.60. The SMILES string of the molecule is CC(C)(C)NCCCc1cnn(-c2nccs2)c1. The van der Waals surface area contributed by atoms with Gasteiger partial charge in [-0.3, -0.25) is 0 Å². The molecule has 1 N–H and O–H groups in total. The van der Waals surface area contributed by atoms with Crippen LogP contribution in [-0.2, 0) is 6.42 Å². The number of rotatable bonds is 5. The van der Waals surface area contributed by atoms with E-state index in [0.29, 0.717) is 0 Å². The van der Waals surface area contributed by atoms with Gasteiger partial charge in [-0.25, -0.2) is 9.67 Å². The summed E-state index contributed by atoms with van der Waals surface area (Å²) in [5.41, 5.74) is 1.46. The lowest BCUT2D eigenvalue weighted by Crippen LogP contribution is -2.36. The van der Waals surface area contributed by atoms with Gasteiger partial charge in [-0.2, -0.15) is 5.10 Å². The highest BCUT2D eigenvalue weighted by Gasteiger charge is 2.08. The molecule has 0 amide bonds. The van der Waals surface area contributed by atoms with Gasteiger partial charge in [0.2, 0.25) is 5.13 Å². The first-order valence-corrected chi connectivity index (χ1v) is 7.11. The van der Waals surface area contributed by atoms with Crippen LogP contribution in [0.25, 0.3) is 5.13 Å². The molecule has 0 aliphatic heterocycles. The van der Waals surface area contributed by atoms with Gasteiger partial charge in [0, 0.05) is 23.3 Å². The third-order valence-electron chi connectivity index (χ3n) is 2.55. The second-order valence-electron chi connectivity index (χ2n) is 5.39. The van der Waals surface area contributed by atoms with E-state index in [4.69, 9.17) is 0 Å². The zero-order chi connectivity index (χ0) is 13.0. The molecule has 98 valence electrons. The van der Waals surface area contributed by atoms with Crippen molar-refractivity contribution in [3.8, 4) is 5.13 Å². The Bertz CT molecular complexity index is 467. The maximum atomic E-state index is 4.33. The summed E-state index contributed by atoms with van der Waals surface area (Å²) in [4.78, 5) is 4.24. The zero-order valence-electron chi connectivity index (χ0n) is 11.2. The summed E-state index contributed by atoms with van der Waals surface area (Å²) in [5, 5.41) is 10.7. The molecule has 18 heavy (non-hydrogen) atoms. The Morgan fingerprint density at radius 3 is 2.89 bits per heavy atom. The number of hydrogen-bond donors (Lipinski definition) is 1. The molecule has 0 bridgehead atoms. The maximum absolute atomic E-state index is 4.33. The number of aryl methyl sites for hydroxylation is 1. The summed E-state index contributed by atoms with van der Waals surface area (Å²) in [7, 11) is 0. The molecule has 2 rings (SSSR count). The molecule has 0 unspecified atom stereocenters. The van der Waals surface area contributed by atoms with E-state index in [-0.39, 0.29) is 5.54 Å². The van der Waals surface area contributed by atoms with Crippen molar-refractivity contribution in [2.45, 2.75) is 39.2 Å². The highest BCUT2D eigenvalue weighted by Crippen LogP contribution is 2.11. The van der Waals surface area contributed by atoms with E-state index in [1.54, 1.807) is 17.5 Å². The lowest BCUT2D eigenvalue weighted by atomic mass is 10.1. The van der Waals surface area contributed by atoms with E-state index in [0.717, 1.165) is 24.5 Å². The Labute approximate surface area is 112 Å². The van der Waals surface area contributed by atoms with Gasteiger partial charge in [0.1, 0.15) is 0 Å². The van der Waals surface area contributed by atoms with Crippen molar-refractivity contribution in [2.24, 2.45) is 0 Å². The Hall–Kier alpha value is -1.20. The van der Waals surface area contributed by atoms with Crippen molar-refractivity contribution >= 4 is 11.3 Å². The normalized spacial score (nSPS) is 11.9. The fourth-order valence-corrected chi connectivity index (χ4v) is 2.25. The number of nitrogens with one attached hydrogen (secondary N) is 1. The number of aromatic nitrogens is 3. The molecule has 2 aromatic heterocycles. The molecule has 5 heteroatoms. The first kappa shape index (κ1) is 13.2. The Morgan fingerprint density at radius 2 is 2.22 bits per heavy atom. The molecule has 0 aliphatic carbocycles. The van der Waals surface area contributed by atoms with Gasteiger partial charge >= 0.3 is 0 Å². The molecule has 4 nitrogen and oxygen atoms in total. The molecule has 0 saturated carbocycles. The van der Waals surface area contributed by atoms with E-state index in [1.165, 1.54) is 5.56 Å². The Balaban J connectivity index is 1.81. The van der Waals surface area contributed by atoms with Crippen LogP contribution in [0.1, 0.15) is 32.8 Å². The van der Waals surface area contributed by atoms with Crippen LogP contribution >= 0.6 is 11.3 Å². The van der Waals surface area contributed by atoms with Crippen LogP contribution in [0.2, 0.25) is 0 Å². The van der Waals surface area contributed by atoms with E-state index >= 15 is 0 Å². The highest BCUT2D eigenvalue weighted by atomic mass is 32.1. The Morgan fingerprint density at radius 1 is 1.39 bits per heavy atom. The molecule has 0 saturated heterocycles. The second-order valence-corrected chi connectivity index (χ2v) is 6.26. The third kappa shape index (κ3) is 3.92. The predicted octanol–water partition coefficient (Wildman–Crippen LogP) is 2.65. The smallest absolute Gasteiger partial charge is 0.210 e. The van der Waals surface area contributed by atoms with Crippen molar-refractivity contribution in [1.29, 1.82) is 0 Å². The quantitative estimate of drug-likeness (QED) is 0.844. The maximum Gasteiger partial charge on any atom is 0.210 e. The van der Waals surface area contributed by atoms with Crippen LogP contribution in [0.5, 0.6) is 0 Å². The summed E-state index contributed by atoms with van der Waals surface area (Å²) in [6, 6.07) is 0. The first-order valence-electron chi connectivity index (χ1n) is 6.23. The van der Waals surface area contributed by atoms with E-state index in [1.807, 2.05) is 16.3 Å². The van der Waals surface area contributed by atoms with E-state index in [2.05, 4.69) is 42.4 Å². The van der Waals surface area contributed by atoms with Gasteiger partial charge < -0.3 is 5.32 Å². The van der Waals surface area contributed by atoms with Crippen LogP contribution in [0, 0.1) is 0 Å². The average molecular weight is 264 g/mol. The summed E-state index contributed by atoms with van der Waals surface area (Å²) in [5.74, 6) is 0. The molecule has 0 atom stereocenters. The van der Waals surface area contributed by atoms with Crippen molar-refractivity contribution in [2.75, 3.05) is 6.54 Å². The average Bonchev–Trinajstić information content (AvgIpc) is 2.93. The van der Waals surface area contributed by atoms with Gasteiger partial charge in [-0.1, -0.05) is 0 Å². The van der Waals surface area contributed by atoms with Crippen molar-refractivity contribution in [3.63, 3.8) is 0 Å². The van der Waals surface area contributed by atoms with Crippen LogP contribution in [0.4, 0.5) is 0 Å². The topological polar surface area (TPSA) is 42.7 Å². The third-order valence-corrected chi connectivity index (χ3v) is 3.31. The largest absolute Gasteiger partial charge is 0.312 e. The van der Waals surface area contributed by atoms with Gasteiger partial charge in [0.05, 0.1) is 6.20 Å². The summed E-state index contributed by atoms with van der Waals surface area (Å²) < 4.78 is 1.84. The number of nitrogens with zero attached hydrogens (tertiary/aromatic N) is 3. The van der Waals surface area contributed by atoms with Gasteiger partial charge in [0.15, 0.2) is 0 Å². The Kier molecular flexibility index (Phi) is 4.14. The van der Waals surface area contributed by atoms with Crippen LogP contribution in [0.15, 0.2) is 24.0 Å². The summed E-state index contributed by atoms with van der Waals surface area (Å²) >= 11 is 1.60. The molecule has 0 radical (unpaired) electrons. The lowest BCUT2D eigenvalue weighted by molar-refractivity contribution is 0.422. The predicted molar refractivity (Wildman–Crippen MR) is 75.3 cm³/mol. The molecule has 2 heterocycles. The lowest BCUT2D eigenvalue weighted by Gasteiger charge is -2.20. The molecule has 0 aliphatic rings. The minimum absolute atomic E-state index is 0.199. The molecular formula is C13H20N4S. The highest BCUT2D eigenvalue weighted by molar-refractivity contribution is 7.12. The van der Waals surface area contributed by atoms with Gasteiger partial charge in [-0.05, 0) is 45.7 Å². The van der Waals surface area contributed by atoms with Crippen LogP contribution in [0.3, 0.4) is 0 Å². The van der Waals surface area contributed by atoms with Crippen molar-refractivity contribution in [1.82, 2.24) is 20.1 Å². The minimum atomic E-state index is 0.199. The van der Waals surface area contributed by atoms with Gasteiger partial charge in [-0.15, -0.1) is 11.3 Å². The first-order chi connectivity index (χ1) is 8.54. The fourth-order valence-electron chi connectivity index (χ4n) is 1.68. The molecule has 0 aromatic carbocycles. The van der Waals surface area contributed by atoms with Crippen LogP contribution < -0.4 is 5.32 Å². The number of hydrogen-bond acceptors (Lipinski definition) is 4. The monoisotopic (exact) mass is 264 g/mol. The zero-order valence-corrected chi connectivity index (χ0v) is 12.0. The van der Waals surface area contributed by atoms with E-state index < -0.39 is 0 Å². The summed E-state index contributed by atoms with van der Waals surface area (Å²) in [6.07, 6.45) is 7.97. The molecule has 0 fully saturated rings. The molecular weight excluding hydrogens is 244 g/mol. The van der Waals surface area contributed by atoms with E-state index in [9.17, 15) is 0 Å². The minimum Gasteiger partial charge on any atom is -0.312 e. The standard InChI is InChI=1S/C13H20N4S/c1-13(2,3)15-6-4-5-11-9-16-17(10-11)12-14-7-8-18-12/h7-10,15H,4-6H2,1-3H3. The molecule has 0 spiro atoms. The van der Waals surface area contributed by atoms with Gasteiger partial charge in [0.25, 0.3) is 0 Å². The van der Waals surface area contributed by atoms with Crippen LogP contribution in [-0.4, -0.2) is 26.8 Å². The fraction of sp³-hybridized carbons (Fsp3) is 0.538. The molecule has 2 aromatic rings. The number of thiazole rings is 1. The van der Waals surface area contributed by atoms with Crippen molar-refractivity contribution in [3.05, 3.63) is 29.5 Å². The second kappa shape index (κ2) is 5.63.